The van der Waals surface area contributed by atoms with E-state index in [1.54, 1.807) is 0 Å². The first kappa shape index (κ1) is 13.9. The maximum Gasteiger partial charge on any atom is 0.160 e. The van der Waals surface area contributed by atoms with Gasteiger partial charge in [0, 0.05) is 24.5 Å². The van der Waals surface area contributed by atoms with Crippen molar-refractivity contribution in [3.8, 4) is 0 Å². The fraction of sp³-hybridized carbons (Fsp3) is 0.625. The van der Waals surface area contributed by atoms with Crippen molar-refractivity contribution in [2.45, 2.75) is 46.1 Å². The standard InChI is InChI=1S/C16H22ClN3/c1-10-4-5-13(12(10)3)20-14(6-8-17)19-15-11(2)7-9-18-16(15)20/h7,9-10,12-13H,4-6,8H2,1-3H3. The van der Waals surface area contributed by atoms with E-state index in [9.17, 15) is 0 Å². The lowest BCUT2D eigenvalue weighted by Gasteiger charge is -2.22. The Balaban J connectivity index is 2.17. The number of nitrogens with zero attached hydrogens (tertiary/aromatic N) is 3. The van der Waals surface area contributed by atoms with E-state index in [2.05, 4.69) is 30.3 Å². The van der Waals surface area contributed by atoms with Crippen molar-refractivity contribution in [1.82, 2.24) is 14.5 Å². The molecule has 0 spiro atoms. The number of alkyl halides is 1. The molecular weight excluding hydrogens is 270 g/mol. The number of pyridine rings is 1. The van der Waals surface area contributed by atoms with Gasteiger partial charge in [-0.2, -0.15) is 0 Å². The Morgan fingerprint density at radius 1 is 1.35 bits per heavy atom. The fourth-order valence-electron chi connectivity index (χ4n) is 3.47. The monoisotopic (exact) mass is 291 g/mol. The van der Waals surface area contributed by atoms with Crippen LogP contribution in [0.1, 0.15) is 44.1 Å². The molecule has 3 nitrogen and oxygen atoms in total. The van der Waals surface area contributed by atoms with E-state index in [1.807, 2.05) is 12.3 Å². The fourth-order valence-corrected chi connectivity index (χ4v) is 3.64. The molecule has 0 amide bonds. The van der Waals surface area contributed by atoms with Crippen LogP contribution in [-0.4, -0.2) is 20.4 Å². The van der Waals surface area contributed by atoms with Gasteiger partial charge in [0.25, 0.3) is 0 Å². The number of imidazole rings is 1. The Morgan fingerprint density at radius 3 is 2.80 bits per heavy atom. The zero-order chi connectivity index (χ0) is 14.3. The van der Waals surface area contributed by atoms with Crippen LogP contribution in [-0.2, 0) is 6.42 Å². The average molecular weight is 292 g/mol. The number of fused-ring (bicyclic) bond motifs is 1. The molecule has 0 N–H and O–H groups in total. The third-order valence-electron chi connectivity index (χ3n) is 4.93. The van der Waals surface area contributed by atoms with Gasteiger partial charge in [-0.3, -0.25) is 0 Å². The third-order valence-corrected chi connectivity index (χ3v) is 5.11. The van der Waals surface area contributed by atoms with Crippen molar-refractivity contribution >= 4 is 22.8 Å². The van der Waals surface area contributed by atoms with Crippen molar-refractivity contribution < 1.29 is 0 Å². The molecule has 0 bridgehead atoms. The van der Waals surface area contributed by atoms with Gasteiger partial charge in [0.1, 0.15) is 11.3 Å². The molecule has 1 saturated carbocycles. The van der Waals surface area contributed by atoms with Gasteiger partial charge >= 0.3 is 0 Å². The van der Waals surface area contributed by atoms with E-state index >= 15 is 0 Å². The zero-order valence-corrected chi connectivity index (χ0v) is 13.2. The van der Waals surface area contributed by atoms with Crippen molar-refractivity contribution in [3.63, 3.8) is 0 Å². The Morgan fingerprint density at radius 2 is 2.15 bits per heavy atom. The van der Waals surface area contributed by atoms with Gasteiger partial charge in [-0.1, -0.05) is 13.8 Å². The van der Waals surface area contributed by atoms with E-state index in [4.69, 9.17) is 16.6 Å². The van der Waals surface area contributed by atoms with Crippen LogP contribution in [0, 0.1) is 18.8 Å². The van der Waals surface area contributed by atoms with Crippen LogP contribution in [0.25, 0.3) is 11.2 Å². The Hall–Kier alpha value is -1.09. The van der Waals surface area contributed by atoms with Crippen LogP contribution < -0.4 is 0 Å². The highest BCUT2D eigenvalue weighted by Gasteiger charge is 2.33. The van der Waals surface area contributed by atoms with E-state index in [1.165, 1.54) is 18.4 Å². The predicted octanol–water partition coefficient (Wildman–Crippen LogP) is 4.13. The van der Waals surface area contributed by atoms with Crippen LogP contribution in [0.3, 0.4) is 0 Å². The molecular formula is C16H22ClN3. The van der Waals surface area contributed by atoms with Crippen LogP contribution in [0.4, 0.5) is 0 Å². The van der Waals surface area contributed by atoms with Gasteiger partial charge in [-0.15, -0.1) is 11.6 Å². The molecule has 3 atom stereocenters. The summed E-state index contributed by atoms with van der Waals surface area (Å²) in [5.74, 6) is 3.15. The van der Waals surface area contributed by atoms with Crippen molar-refractivity contribution in [1.29, 1.82) is 0 Å². The molecule has 0 saturated heterocycles. The molecule has 2 heterocycles. The summed E-state index contributed by atoms with van der Waals surface area (Å²) in [4.78, 5) is 9.43. The first-order chi connectivity index (χ1) is 9.63. The second kappa shape index (κ2) is 5.36. The summed E-state index contributed by atoms with van der Waals surface area (Å²) in [6.45, 7) is 6.81. The first-order valence-corrected chi connectivity index (χ1v) is 8.05. The van der Waals surface area contributed by atoms with Crippen molar-refractivity contribution in [2.75, 3.05) is 5.88 Å². The molecule has 2 aromatic rings. The van der Waals surface area contributed by atoms with E-state index in [0.29, 0.717) is 17.8 Å². The van der Waals surface area contributed by atoms with Crippen molar-refractivity contribution in [3.05, 3.63) is 23.7 Å². The SMILES string of the molecule is Cc1ccnc2c1nc(CCCl)n2C1CCC(C)C1C. The van der Waals surface area contributed by atoms with Crippen LogP contribution >= 0.6 is 11.6 Å². The largest absolute Gasteiger partial charge is 0.309 e. The lowest BCUT2D eigenvalue weighted by molar-refractivity contribution is 0.351. The molecule has 108 valence electrons. The van der Waals surface area contributed by atoms with Gasteiger partial charge < -0.3 is 4.57 Å². The number of aromatic nitrogens is 3. The highest BCUT2D eigenvalue weighted by atomic mass is 35.5. The zero-order valence-electron chi connectivity index (χ0n) is 12.4. The predicted molar refractivity (Wildman–Crippen MR) is 83.3 cm³/mol. The van der Waals surface area contributed by atoms with E-state index < -0.39 is 0 Å². The summed E-state index contributed by atoms with van der Waals surface area (Å²) in [7, 11) is 0. The normalized spacial score (nSPS) is 26.5. The van der Waals surface area contributed by atoms with Crippen LogP contribution in [0.15, 0.2) is 12.3 Å². The minimum absolute atomic E-state index is 0.516. The molecule has 1 aliphatic rings. The summed E-state index contributed by atoms with van der Waals surface area (Å²) >= 11 is 5.97. The van der Waals surface area contributed by atoms with Gasteiger partial charge in [0.05, 0.1) is 0 Å². The highest BCUT2D eigenvalue weighted by molar-refractivity contribution is 6.17. The smallest absolute Gasteiger partial charge is 0.160 e. The van der Waals surface area contributed by atoms with Crippen LogP contribution in [0.5, 0.6) is 0 Å². The number of hydrogen-bond donors (Lipinski definition) is 0. The number of halogens is 1. The maximum atomic E-state index is 5.97. The summed E-state index contributed by atoms with van der Waals surface area (Å²) in [5, 5.41) is 0. The van der Waals surface area contributed by atoms with Gasteiger partial charge in [-0.25, -0.2) is 9.97 Å². The summed E-state index contributed by atoms with van der Waals surface area (Å²) in [6, 6.07) is 2.55. The quantitative estimate of drug-likeness (QED) is 0.796. The lowest BCUT2D eigenvalue weighted by atomic mass is 9.97. The van der Waals surface area contributed by atoms with Gasteiger partial charge in [-0.05, 0) is 43.2 Å². The molecule has 4 heteroatoms. The Kier molecular flexibility index (Phi) is 3.72. The highest BCUT2D eigenvalue weighted by Crippen LogP contribution is 2.41. The first-order valence-electron chi connectivity index (χ1n) is 7.52. The van der Waals surface area contributed by atoms with Crippen LogP contribution in [0.2, 0.25) is 0 Å². The minimum atomic E-state index is 0.516. The summed E-state index contributed by atoms with van der Waals surface area (Å²) < 4.78 is 2.37. The number of rotatable bonds is 3. The molecule has 2 aromatic heterocycles. The topological polar surface area (TPSA) is 30.7 Å². The maximum absolute atomic E-state index is 5.97. The second-order valence-electron chi connectivity index (χ2n) is 6.12. The van der Waals surface area contributed by atoms with E-state index in [-0.39, 0.29) is 0 Å². The summed E-state index contributed by atoms with van der Waals surface area (Å²) in [6.07, 6.45) is 5.22. The Bertz CT molecular complexity index is 619. The Labute approximate surface area is 125 Å². The molecule has 1 fully saturated rings. The molecule has 0 radical (unpaired) electrons. The van der Waals surface area contributed by atoms with E-state index in [0.717, 1.165) is 29.3 Å². The molecule has 0 aromatic carbocycles. The van der Waals surface area contributed by atoms with Gasteiger partial charge in [0.2, 0.25) is 0 Å². The summed E-state index contributed by atoms with van der Waals surface area (Å²) in [5.41, 5.74) is 3.28. The molecule has 3 unspecified atom stereocenters. The molecule has 3 rings (SSSR count). The number of aryl methyl sites for hydroxylation is 2. The number of hydrogen-bond acceptors (Lipinski definition) is 2. The molecule has 20 heavy (non-hydrogen) atoms. The van der Waals surface area contributed by atoms with Crippen molar-refractivity contribution in [2.24, 2.45) is 11.8 Å². The molecule has 1 aliphatic carbocycles. The third kappa shape index (κ3) is 2.12. The molecule has 0 aliphatic heterocycles. The average Bonchev–Trinajstić information content (AvgIpc) is 2.94. The second-order valence-corrected chi connectivity index (χ2v) is 6.50. The lowest BCUT2D eigenvalue weighted by Crippen LogP contribution is -2.17. The minimum Gasteiger partial charge on any atom is -0.309 e. The van der Waals surface area contributed by atoms with Gasteiger partial charge in [0.15, 0.2) is 5.65 Å².